The number of likely N-dealkylation sites (N-methyl/N-ethyl adjacent to an activating group) is 1. The highest BCUT2D eigenvalue weighted by Crippen LogP contribution is 2.44. The monoisotopic (exact) mass is 479 g/mol. The van der Waals surface area contributed by atoms with Gasteiger partial charge >= 0.3 is 0 Å². The van der Waals surface area contributed by atoms with E-state index < -0.39 is 30.0 Å². The number of fused-ring (bicyclic) bond motifs is 2. The molecule has 2 fully saturated rings. The van der Waals surface area contributed by atoms with E-state index in [0.717, 1.165) is 28.2 Å². The summed E-state index contributed by atoms with van der Waals surface area (Å²) >= 11 is 0. The van der Waals surface area contributed by atoms with Crippen molar-refractivity contribution >= 4 is 0 Å². The highest BCUT2D eigenvalue weighted by atomic mass is 16.7. The van der Waals surface area contributed by atoms with Gasteiger partial charge in [0.05, 0.1) is 35.3 Å². The predicted molar refractivity (Wildman–Crippen MR) is 130 cm³/mol. The Bertz CT molecular complexity index is 1110. The number of methoxy groups -OCH3 is 2. The summed E-state index contributed by atoms with van der Waals surface area (Å²) in [5.74, 6) is 1.46. The SMILES string of the molecule is [3H]C1O[C@@]2(COC(c3ccccc3)(c3ccc(OC)cc3)c3ccc(OC)cc3)CN(C)O[C@H]1C2O. The number of hydroxylamine groups is 2. The minimum atomic E-state index is -1.12. The summed E-state index contributed by atoms with van der Waals surface area (Å²) in [5, 5.41) is 12.7. The fourth-order valence-corrected chi connectivity index (χ4v) is 4.95. The number of hydrogen-bond donors (Lipinski definition) is 1. The number of ether oxygens (including phenoxy) is 4. The molecule has 184 valence electrons. The molecule has 1 N–H and O–H groups in total. The van der Waals surface area contributed by atoms with E-state index >= 15 is 0 Å². The van der Waals surface area contributed by atoms with Crippen molar-refractivity contribution in [2.75, 3.05) is 41.0 Å². The second-order valence-electron chi connectivity index (χ2n) is 8.91. The summed E-state index contributed by atoms with van der Waals surface area (Å²) in [7, 11) is 5.03. The Labute approximate surface area is 207 Å². The maximum atomic E-state index is 11.1. The Morgan fingerprint density at radius 3 is 2.03 bits per heavy atom. The van der Waals surface area contributed by atoms with Crippen molar-refractivity contribution in [1.29, 1.82) is 0 Å². The van der Waals surface area contributed by atoms with Gasteiger partial charge in [-0.2, -0.15) is 5.06 Å². The van der Waals surface area contributed by atoms with Crippen LogP contribution in [0.15, 0.2) is 78.9 Å². The fourth-order valence-electron chi connectivity index (χ4n) is 4.95. The quantitative estimate of drug-likeness (QED) is 0.497. The van der Waals surface area contributed by atoms with E-state index in [1.54, 1.807) is 26.3 Å². The van der Waals surface area contributed by atoms with Gasteiger partial charge in [-0.1, -0.05) is 54.6 Å². The lowest BCUT2D eigenvalue weighted by atomic mass is 9.79. The normalized spacial score (nSPS) is 26.9. The van der Waals surface area contributed by atoms with Crippen LogP contribution < -0.4 is 9.47 Å². The molecule has 3 aromatic rings. The largest absolute Gasteiger partial charge is 0.497 e. The first-order valence-electron chi connectivity index (χ1n) is 12.1. The second-order valence-corrected chi connectivity index (χ2v) is 8.91. The zero-order valence-electron chi connectivity index (χ0n) is 21.1. The number of benzene rings is 3. The van der Waals surface area contributed by atoms with Gasteiger partial charge in [0.25, 0.3) is 0 Å². The van der Waals surface area contributed by atoms with Crippen LogP contribution in [0.1, 0.15) is 18.1 Å². The van der Waals surface area contributed by atoms with Gasteiger partial charge in [-0.25, -0.2) is 0 Å². The molecule has 2 saturated heterocycles. The third-order valence-electron chi connectivity index (χ3n) is 6.79. The third kappa shape index (κ3) is 4.20. The molecule has 3 aromatic carbocycles. The van der Waals surface area contributed by atoms with E-state index in [-0.39, 0.29) is 13.2 Å². The molecule has 0 amide bonds. The van der Waals surface area contributed by atoms with Crippen LogP contribution in [0, 0.1) is 0 Å². The van der Waals surface area contributed by atoms with Crippen molar-refractivity contribution in [1.82, 2.24) is 5.06 Å². The van der Waals surface area contributed by atoms with Gasteiger partial charge in [0.15, 0.2) is 0 Å². The van der Waals surface area contributed by atoms with Crippen molar-refractivity contribution in [2.24, 2.45) is 0 Å². The number of hydrogen-bond acceptors (Lipinski definition) is 7. The first-order valence-corrected chi connectivity index (χ1v) is 11.6. The molecule has 5 rings (SSSR count). The molecule has 7 nitrogen and oxygen atoms in total. The van der Waals surface area contributed by atoms with Crippen LogP contribution in [-0.4, -0.2) is 69.0 Å². The molecule has 0 radical (unpaired) electrons. The maximum absolute atomic E-state index is 11.1. The smallest absolute Gasteiger partial charge is 0.143 e. The number of rotatable bonds is 8. The number of nitrogens with zero attached hydrogens (tertiary/aromatic N) is 1. The molecule has 2 aliphatic rings. The van der Waals surface area contributed by atoms with Gasteiger partial charge < -0.3 is 24.1 Å². The minimum Gasteiger partial charge on any atom is -0.497 e. The Morgan fingerprint density at radius 1 is 0.943 bits per heavy atom. The standard InChI is InChI=1S/C28H31NO6/c1-29-18-27(26(30)25(35-29)17-33-27)19-34-28(20-7-5-4-6-8-20,21-9-13-23(31-2)14-10-21)22-11-15-24(32-3)16-12-22/h4-16,25-26,30H,17-19H2,1-3H3/t25-,26?,27-/m1/s1/i17T/t17?,25-,26?,27-. The molecule has 2 heterocycles. The summed E-state index contributed by atoms with van der Waals surface area (Å²) in [6, 6.07) is 25.4. The Balaban J connectivity index is 1.64. The van der Waals surface area contributed by atoms with Crippen molar-refractivity contribution in [2.45, 2.75) is 23.4 Å². The van der Waals surface area contributed by atoms with Crippen molar-refractivity contribution in [3.63, 3.8) is 0 Å². The lowest BCUT2D eigenvalue weighted by molar-refractivity contribution is -0.261. The van der Waals surface area contributed by atoms with E-state index in [1.165, 1.54) is 0 Å². The highest BCUT2D eigenvalue weighted by molar-refractivity contribution is 5.49. The van der Waals surface area contributed by atoms with E-state index in [0.29, 0.717) is 0 Å². The molecular formula is C28H31NO6. The van der Waals surface area contributed by atoms with Crippen LogP contribution in [0.3, 0.4) is 0 Å². The van der Waals surface area contributed by atoms with Crippen molar-refractivity contribution in [3.8, 4) is 11.5 Å². The van der Waals surface area contributed by atoms with Crippen molar-refractivity contribution in [3.05, 3.63) is 95.6 Å². The molecule has 0 aromatic heterocycles. The van der Waals surface area contributed by atoms with Gasteiger partial charge in [-0.05, 0) is 41.0 Å². The molecule has 35 heavy (non-hydrogen) atoms. The molecule has 7 heteroatoms. The van der Waals surface area contributed by atoms with Gasteiger partial charge in [-0.15, -0.1) is 0 Å². The topological polar surface area (TPSA) is 69.6 Å². The summed E-state index contributed by atoms with van der Waals surface area (Å²) < 4.78 is 32.1. The van der Waals surface area contributed by atoms with Crippen LogP contribution in [-0.2, 0) is 19.9 Å². The van der Waals surface area contributed by atoms with E-state index in [2.05, 4.69) is 0 Å². The average molecular weight is 480 g/mol. The van der Waals surface area contributed by atoms with Gasteiger partial charge in [0.1, 0.15) is 34.9 Å². The van der Waals surface area contributed by atoms with Crippen LogP contribution >= 0.6 is 0 Å². The summed E-state index contributed by atoms with van der Waals surface area (Å²) in [6.45, 7) is -0.724. The lowest BCUT2D eigenvalue weighted by Crippen LogP contribution is -2.60. The molecular weight excluding hydrogens is 446 g/mol. The average Bonchev–Trinajstić information content (AvgIpc) is 3.05. The summed E-state index contributed by atoms with van der Waals surface area (Å²) in [6.07, 6.45) is -1.78. The maximum Gasteiger partial charge on any atom is 0.143 e. The van der Waals surface area contributed by atoms with Crippen molar-refractivity contribution < 1.29 is 30.3 Å². The number of aliphatic hydroxyl groups excluding tert-OH is 1. The van der Waals surface area contributed by atoms with Crippen LogP contribution in [0.4, 0.5) is 0 Å². The molecule has 2 bridgehead atoms. The highest BCUT2D eigenvalue weighted by Gasteiger charge is 2.56. The lowest BCUT2D eigenvalue weighted by Gasteiger charge is -2.43. The first-order chi connectivity index (χ1) is 17.4. The number of aliphatic hydroxyl groups is 1. The molecule has 4 atom stereocenters. The zero-order chi connectivity index (χ0) is 25.3. The third-order valence-corrected chi connectivity index (χ3v) is 6.79. The molecule has 2 unspecified atom stereocenters. The second kappa shape index (κ2) is 9.60. The Kier molecular flexibility index (Phi) is 6.18. The minimum absolute atomic E-state index is 0.0285. The molecule has 2 aliphatic heterocycles. The Hall–Kier alpha value is -2.94. The van der Waals surface area contributed by atoms with Crippen LogP contribution in [0.2, 0.25) is 0 Å². The van der Waals surface area contributed by atoms with Crippen LogP contribution in [0.5, 0.6) is 11.5 Å². The fraction of sp³-hybridized carbons (Fsp3) is 0.357. The zero-order valence-corrected chi connectivity index (χ0v) is 20.1. The first kappa shape index (κ1) is 22.5. The molecule has 0 saturated carbocycles. The Morgan fingerprint density at radius 2 is 1.49 bits per heavy atom. The van der Waals surface area contributed by atoms with Crippen LogP contribution in [0.25, 0.3) is 0 Å². The molecule has 0 aliphatic carbocycles. The van der Waals surface area contributed by atoms with Gasteiger partial charge in [0, 0.05) is 7.05 Å². The molecule has 0 spiro atoms. The van der Waals surface area contributed by atoms with E-state index in [9.17, 15) is 5.11 Å². The van der Waals surface area contributed by atoms with Gasteiger partial charge in [0.2, 0.25) is 0 Å². The van der Waals surface area contributed by atoms with E-state index in [1.807, 2.05) is 78.9 Å². The predicted octanol–water partition coefficient (Wildman–Crippen LogP) is 3.39. The summed E-state index contributed by atoms with van der Waals surface area (Å²) in [5.41, 5.74) is 0.488. The van der Waals surface area contributed by atoms with E-state index in [4.69, 9.17) is 25.2 Å². The van der Waals surface area contributed by atoms with Gasteiger partial charge in [-0.3, -0.25) is 4.84 Å². The summed E-state index contributed by atoms with van der Waals surface area (Å²) in [4.78, 5) is 5.65.